The van der Waals surface area contributed by atoms with Gasteiger partial charge in [-0.3, -0.25) is 19.7 Å². The van der Waals surface area contributed by atoms with Gasteiger partial charge in [-0.2, -0.15) is 0 Å². The number of hydrogen-bond donors (Lipinski definition) is 1. The van der Waals surface area contributed by atoms with Crippen LogP contribution in [-0.4, -0.2) is 15.4 Å². The molecule has 1 heterocycles. The summed E-state index contributed by atoms with van der Waals surface area (Å²) >= 11 is 6.00. The number of rotatable bonds is 4. The van der Waals surface area contributed by atoms with Gasteiger partial charge in [0, 0.05) is 35.3 Å². The second-order valence-electron chi connectivity index (χ2n) is 6.03. The molecule has 0 unspecified atom stereocenters. The van der Waals surface area contributed by atoms with Crippen molar-refractivity contribution >= 4 is 39.8 Å². The SMILES string of the molecule is CCn1cc(C(=O)Nc2cc([N+](=O)[O-])ccc2C)c(=O)c2cc(Cl)ccc21. The Morgan fingerprint density at radius 2 is 2.00 bits per heavy atom. The first-order valence-electron chi connectivity index (χ1n) is 8.21. The van der Waals surface area contributed by atoms with Crippen LogP contribution in [-0.2, 0) is 6.54 Å². The fourth-order valence-electron chi connectivity index (χ4n) is 2.84. The minimum atomic E-state index is -0.632. The number of carbonyl (C=O) groups is 1. The quantitative estimate of drug-likeness (QED) is 0.539. The second-order valence-corrected chi connectivity index (χ2v) is 6.47. The highest BCUT2D eigenvalue weighted by Gasteiger charge is 2.17. The summed E-state index contributed by atoms with van der Waals surface area (Å²) in [5.74, 6) is -0.632. The first kappa shape index (κ1) is 18.6. The maximum Gasteiger partial charge on any atom is 0.271 e. The van der Waals surface area contributed by atoms with E-state index >= 15 is 0 Å². The monoisotopic (exact) mass is 385 g/mol. The minimum Gasteiger partial charge on any atom is -0.347 e. The Labute approximate surface area is 159 Å². The Bertz CT molecular complexity index is 1140. The number of pyridine rings is 1. The van der Waals surface area contributed by atoms with E-state index < -0.39 is 16.3 Å². The van der Waals surface area contributed by atoms with E-state index in [1.54, 1.807) is 23.6 Å². The zero-order chi connectivity index (χ0) is 19.7. The molecule has 8 heteroatoms. The Morgan fingerprint density at radius 1 is 1.26 bits per heavy atom. The molecule has 2 aromatic carbocycles. The van der Waals surface area contributed by atoms with E-state index in [-0.39, 0.29) is 16.9 Å². The van der Waals surface area contributed by atoms with Crippen molar-refractivity contribution in [1.29, 1.82) is 0 Å². The molecule has 0 atom stereocenters. The van der Waals surface area contributed by atoms with Crippen LogP contribution in [0.2, 0.25) is 5.02 Å². The molecule has 0 fully saturated rings. The third-order valence-corrected chi connectivity index (χ3v) is 4.54. The molecule has 0 spiro atoms. The zero-order valence-corrected chi connectivity index (χ0v) is 15.4. The van der Waals surface area contributed by atoms with Gasteiger partial charge < -0.3 is 9.88 Å². The molecule has 0 aliphatic carbocycles. The lowest BCUT2D eigenvalue weighted by molar-refractivity contribution is -0.384. The van der Waals surface area contributed by atoms with E-state index in [0.717, 1.165) is 0 Å². The second kappa shape index (κ2) is 7.20. The molecule has 0 saturated carbocycles. The number of anilines is 1. The highest BCUT2D eigenvalue weighted by atomic mass is 35.5. The van der Waals surface area contributed by atoms with Gasteiger partial charge >= 0.3 is 0 Å². The molecule has 3 rings (SSSR count). The van der Waals surface area contributed by atoms with Crippen LogP contribution in [0.3, 0.4) is 0 Å². The lowest BCUT2D eigenvalue weighted by atomic mass is 10.1. The van der Waals surface area contributed by atoms with Gasteiger partial charge in [-0.15, -0.1) is 0 Å². The van der Waals surface area contributed by atoms with Crippen molar-refractivity contribution in [3.05, 3.63) is 79.1 Å². The number of nitrogens with zero attached hydrogens (tertiary/aromatic N) is 2. The first-order valence-corrected chi connectivity index (χ1v) is 8.58. The number of nitro groups is 1. The smallest absolute Gasteiger partial charge is 0.271 e. The third kappa shape index (κ3) is 3.54. The highest BCUT2D eigenvalue weighted by molar-refractivity contribution is 6.31. The van der Waals surface area contributed by atoms with E-state index in [1.807, 2.05) is 6.92 Å². The first-order chi connectivity index (χ1) is 12.8. The topological polar surface area (TPSA) is 94.2 Å². The maximum absolute atomic E-state index is 12.8. The molecule has 138 valence electrons. The number of carbonyl (C=O) groups excluding carboxylic acids is 1. The summed E-state index contributed by atoms with van der Waals surface area (Å²) in [6, 6.07) is 9.10. The molecule has 0 bridgehead atoms. The number of nitrogens with one attached hydrogen (secondary N) is 1. The van der Waals surface area contributed by atoms with Crippen molar-refractivity contribution in [2.24, 2.45) is 0 Å². The molecular formula is C19H16ClN3O4. The predicted octanol–water partition coefficient (Wildman–Crippen LogP) is 4.14. The van der Waals surface area contributed by atoms with Crippen molar-refractivity contribution in [2.45, 2.75) is 20.4 Å². The number of non-ortho nitro benzene ring substituents is 1. The molecule has 1 aromatic heterocycles. The summed E-state index contributed by atoms with van der Waals surface area (Å²) in [5.41, 5.74) is 0.953. The molecular weight excluding hydrogens is 370 g/mol. The standard InChI is InChI=1S/C19H16ClN3O4/c1-3-22-10-15(18(24)14-8-12(20)5-7-17(14)22)19(25)21-16-9-13(23(26)27)6-4-11(16)2/h4-10H,3H2,1-2H3,(H,21,25). The van der Waals surface area contributed by atoms with Gasteiger partial charge in [0.25, 0.3) is 11.6 Å². The molecule has 1 N–H and O–H groups in total. The van der Waals surface area contributed by atoms with Crippen LogP contribution >= 0.6 is 11.6 Å². The fraction of sp³-hybridized carbons (Fsp3) is 0.158. The Balaban J connectivity index is 2.09. The predicted molar refractivity (Wildman–Crippen MR) is 105 cm³/mol. The van der Waals surface area contributed by atoms with Gasteiger partial charge in [-0.1, -0.05) is 17.7 Å². The van der Waals surface area contributed by atoms with Crippen LogP contribution in [0, 0.1) is 17.0 Å². The fourth-order valence-corrected chi connectivity index (χ4v) is 3.01. The van der Waals surface area contributed by atoms with E-state index in [1.165, 1.54) is 30.5 Å². The van der Waals surface area contributed by atoms with Gasteiger partial charge in [-0.05, 0) is 37.6 Å². The van der Waals surface area contributed by atoms with Gasteiger partial charge in [0.05, 0.1) is 16.1 Å². The number of aryl methyl sites for hydroxylation is 2. The van der Waals surface area contributed by atoms with Gasteiger partial charge in [0.15, 0.2) is 0 Å². The van der Waals surface area contributed by atoms with Crippen molar-refractivity contribution < 1.29 is 9.72 Å². The third-order valence-electron chi connectivity index (χ3n) is 4.31. The number of amides is 1. The number of nitro benzene ring substituents is 1. The number of hydrogen-bond acceptors (Lipinski definition) is 4. The summed E-state index contributed by atoms with van der Waals surface area (Å²) in [6.07, 6.45) is 1.49. The molecule has 1 amide bonds. The average Bonchev–Trinajstić information content (AvgIpc) is 2.64. The lowest BCUT2D eigenvalue weighted by Crippen LogP contribution is -2.24. The van der Waals surface area contributed by atoms with E-state index in [9.17, 15) is 19.7 Å². The van der Waals surface area contributed by atoms with Crippen LogP contribution in [0.15, 0.2) is 47.4 Å². The van der Waals surface area contributed by atoms with E-state index in [4.69, 9.17) is 11.6 Å². The maximum atomic E-state index is 12.8. The zero-order valence-electron chi connectivity index (χ0n) is 14.7. The molecule has 0 aliphatic rings. The van der Waals surface area contributed by atoms with Gasteiger partial charge in [0.1, 0.15) is 5.56 Å². The van der Waals surface area contributed by atoms with E-state index in [2.05, 4.69) is 5.32 Å². The number of aromatic nitrogens is 1. The van der Waals surface area contributed by atoms with Crippen molar-refractivity contribution in [1.82, 2.24) is 4.57 Å². The lowest BCUT2D eigenvalue weighted by Gasteiger charge is -2.13. The molecule has 0 aliphatic heterocycles. The Kier molecular flexibility index (Phi) is 4.96. The highest BCUT2D eigenvalue weighted by Crippen LogP contribution is 2.23. The normalized spacial score (nSPS) is 10.8. The van der Waals surface area contributed by atoms with Crippen LogP contribution in [0.1, 0.15) is 22.8 Å². The Hall–Kier alpha value is -3.19. The summed E-state index contributed by atoms with van der Waals surface area (Å²) in [7, 11) is 0. The molecule has 27 heavy (non-hydrogen) atoms. The van der Waals surface area contributed by atoms with Gasteiger partial charge in [-0.25, -0.2) is 0 Å². The summed E-state index contributed by atoms with van der Waals surface area (Å²) in [4.78, 5) is 36.0. The van der Waals surface area contributed by atoms with Gasteiger partial charge in [0.2, 0.25) is 5.43 Å². The minimum absolute atomic E-state index is 0.0578. The molecule has 0 saturated heterocycles. The Morgan fingerprint density at radius 3 is 2.67 bits per heavy atom. The number of benzene rings is 2. The van der Waals surface area contributed by atoms with Crippen LogP contribution in [0.5, 0.6) is 0 Å². The summed E-state index contributed by atoms with van der Waals surface area (Å²) < 4.78 is 1.78. The van der Waals surface area contributed by atoms with Crippen molar-refractivity contribution in [3.8, 4) is 0 Å². The number of fused-ring (bicyclic) bond motifs is 1. The molecule has 3 aromatic rings. The summed E-state index contributed by atoms with van der Waals surface area (Å²) in [6.45, 7) is 4.16. The van der Waals surface area contributed by atoms with Crippen LogP contribution in [0.4, 0.5) is 11.4 Å². The number of halogens is 1. The average molecular weight is 386 g/mol. The van der Waals surface area contributed by atoms with Crippen LogP contribution < -0.4 is 10.7 Å². The van der Waals surface area contributed by atoms with Crippen molar-refractivity contribution in [3.63, 3.8) is 0 Å². The van der Waals surface area contributed by atoms with E-state index in [0.29, 0.717) is 28.0 Å². The summed E-state index contributed by atoms with van der Waals surface area (Å²) in [5, 5.41) is 14.3. The van der Waals surface area contributed by atoms with Crippen molar-refractivity contribution in [2.75, 3.05) is 5.32 Å². The largest absolute Gasteiger partial charge is 0.347 e. The van der Waals surface area contributed by atoms with Crippen LogP contribution in [0.25, 0.3) is 10.9 Å². The molecule has 0 radical (unpaired) electrons. The molecule has 7 nitrogen and oxygen atoms in total.